The van der Waals surface area contributed by atoms with E-state index in [1.165, 1.54) is 0 Å². The molecular weight excluding hydrogens is 430 g/mol. The Morgan fingerprint density at radius 2 is 1.65 bits per heavy atom. The fourth-order valence-electron chi connectivity index (χ4n) is 4.45. The number of hydrogen-bond donors (Lipinski definition) is 0. The van der Waals surface area contributed by atoms with E-state index in [1.807, 2.05) is 57.2 Å². The number of nitrogens with zero attached hydrogens (tertiary/aromatic N) is 1. The largest absolute Gasteiger partial charge is 0.460 e. The van der Waals surface area contributed by atoms with E-state index in [-0.39, 0.29) is 18.4 Å². The van der Waals surface area contributed by atoms with Crippen LogP contribution in [0.1, 0.15) is 65.1 Å². The number of rotatable bonds is 9. The number of aldehydes is 1. The maximum Gasteiger partial charge on any atom is 0.308 e. The van der Waals surface area contributed by atoms with Crippen LogP contribution in [-0.4, -0.2) is 46.8 Å². The van der Waals surface area contributed by atoms with Gasteiger partial charge >= 0.3 is 5.97 Å². The molecule has 4 unspecified atom stereocenters. The van der Waals surface area contributed by atoms with Crippen LogP contribution < -0.4 is 0 Å². The van der Waals surface area contributed by atoms with Gasteiger partial charge in [0.1, 0.15) is 17.8 Å². The molecule has 1 aliphatic heterocycles. The molecule has 3 rings (SSSR count). The van der Waals surface area contributed by atoms with Crippen molar-refractivity contribution in [1.82, 2.24) is 4.90 Å². The van der Waals surface area contributed by atoms with E-state index >= 15 is 0 Å². The zero-order valence-corrected chi connectivity index (χ0v) is 21.1. The Morgan fingerprint density at radius 3 is 2.21 bits per heavy atom. The third-order valence-electron chi connectivity index (χ3n) is 5.89. The summed E-state index contributed by atoms with van der Waals surface area (Å²) in [6.45, 7) is 11.8. The van der Waals surface area contributed by atoms with Crippen LogP contribution >= 0.6 is 0 Å². The summed E-state index contributed by atoms with van der Waals surface area (Å²) in [4.78, 5) is 27.3. The van der Waals surface area contributed by atoms with E-state index in [4.69, 9.17) is 14.2 Å². The van der Waals surface area contributed by atoms with Gasteiger partial charge in [0.05, 0.1) is 12.5 Å². The van der Waals surface area contributed by atoms with Gasteiger partial charge in [-0.1, -0.05) is 60.7 Å². The average Bonchev–Trinajstić information content (AvgIpc) is 3.10. The lowest BCUT2D eigenvalue weighted by Gasteiger charge is -2.40. The normalized spacial score (nSPS) is 21.7. The molecule has 1 fully saturated rings. The first-order chi connectivity index (χ1) is 16.0. The van der Waals surface area contributed by atoms with E-state index in [0.29, 0.717) is 6.54 Å². The minimum Gasteiger partial charge on any atom is -0.460 e. The monoisotopic (exact) mass is 467 g/mol. The van der Waals surface area contributed by atoms with Gasteiger partial charge in [-0.2, -0.15) is 0 Å². The van der Waals surface area contributed by atoms with Gasteiger partial charge in [0.2, 0.25) is 0 Å². The molecule has 2 aromatic rings. The van der Waals surface area contributed by atoms with Crippen molar-refractivity contribution in [3.63, 3.8) is 0 Å². The van der Waals surface area contributed by atoms with Crippen molar-refractivity contribution < 1.29 is 23.8 Å². The van der Waals surface area contributed by atoms with Gasteiger partial charge in [0.25, 0.3) is 0 Å². The summed E-state index contributed by atoms with van der Waals surface area (Å²) in [6.07, 6.45) is -0.580. The van der Waals surface area contributed by atoms with E-state index in [2.05, 4.69) is 36.1 Å². The minimum atomic E-state index is -0.934. The van der Waals surface area contributed by atoms with E-state index < -0.39 is 29.6 Å². The summed E-state index contributed by atoms with van der Waals surface area (Å²) in [7, 11) is 0. The first kappa shape index (κ1) is 26.1. The fourth-order valence-corrected chi connectivity index (χ4v) is 4.45. The highest BCUT2D eigenvalue weighted by molar-refractivity contribution is 5.71. The minimum absolute atomic E-state index is 0.0616. The van der Waals surface area contributed by atoms with Crippen LogP contribution in [0.15, 0.2) is 60.7 Å². The quantitative estimate of drug-likeness (QED) is 0.379. The molecule has 2 aromatic carbocycles. The van der Waals surface area contributed by atoms with E-state index in [1.54, 1.807) is 13.8 Å². The Balaban J connectivity index is 2.03. The van der Waals surface area contributed by atoms with Crippen LogP contribution in [-0.2, 0) is 30.3 Å². The first-order valence-corrected chi connectivity index (χ1v) is 11.9. The van der Waals surface area contributed by atoms with Crippen molar-refractivity contribution >= 4 is 12.3 Å². The van der Waals surface area contributed by atoms with Gasteiger partial charge in [0.15, 0.2) is 12.1 Å². The summed E-state index contributed by atoms with van der Waals surface area (Å²) in [5, 5.41) is 0. The molecule has 0 bridgehead atoms. The lowest BCUT2D eigenvalue weighted by Crippen LogP contribution is -2.50. The Morgan fingerprint density at radius 1 is 1.06 bits per heavy atom. The average molecular weight is 468 g/mol. The third kappa shape index (κ3) is 6.98. The zero-order valence-electron chi connectivity index (χ0n) is 21.1. The molecule has 6 nitrogen and oxygen atoms in total. The Hall–Kier alpha value is -2.54. The molecule has 0 aromatic heterocycles. The third-order valence-corrected chi connectivity index (χ3v) is 5.89. The smallest absolute Gasteiger partial charge is 0.308 e. The summed E-state index contributed by atoms with van der Waals surface area (Å²) in [6, 6.07) is 19.7. The maximum absolute atomic E-state index is 13.1. The molecule has 6 heteroatoms. The molecule has 0 saturated carbocycles. The van der Waals surface area contributed by atoms with Crippen LogP contribution in [0.5, 0.6) is 0 Å². The second kappa shape index (κ2) is 10.8. The zero-order chi connectivity index (χ0) is 24.9. The highest BCUT2D eigenvalue weighted by atomic mass is 16.8. The van der Waals surface area contributed by atoms with Crippen LogP contribution in [0.3, 0.4) is 0 Å². The van der Waals surface area contributed by atoms with Gasteiger partial charge in [-0.25, -0.2) is 0 Å². The van der Waals surface area contributed by atoms with Crippen LogP contribution in [0.2, 0.25) is 0 Å². The highest BCUT2D eigenvalue weighted by Crippen LogP contribution is 2.36. The molecule has 0 radical (unpaired) electrons. The number of carbonyl (C=O) groups is 2. The molecule has 184 valence electrons. The molecular formula is C28H37NO5. The highest BCUT2D eigenvalue weighted by Gasteiger charge is 2.48. The van der Waals surface area contributed by atoms with Gasteiger partial charge in [0, 0.05) is 12.6 Å². The number of esters is 1. The lowest BCUT2D eigenvalue weighted by atomic mass is 9.96. The summed E-state index contributed by atoms with van der Waals surface area (Å²) in [5.74, 6) is -1.27. The summed E-state index contributed by atoms with van der Waals surface area (Å²) >= 11 is 0. The molecule has 1 heterocycles. The van der Waals surface area contributed by atoms with Crippen molar-refractivity contribution in [3.05, 3.63) is 71.8 Å². The lowest BCUT2D eigenvalue weighted by molar-refractivity contribution is -0.165. The topological polar surface area (TPSA) is 65.1 Å². The number of hydrogen-bond acceptors (Lipinski definition) is 6. The fraction of sp³-hybridized carbons (Fsp3) is 0.500. The van der Waals surface area contributed by atoms with Gasteiger partial charge in [-0.3, -0.25) is 9.69 Å². The van der Waals surface area contributed by atoms with Crippen molar-refractivity contribution in [1.29, 1.82) is 0 Å². The molecule has 34 heavy (non-hydrogen) atoms. The van der Waals surface area contributed by atoms with Crippen molar-refractivity contribution in [2.24, 2.45) is 0 Å². The number of ether oxygens (including phenoxy) is 3. The molecule has 1 saturated heterocycles. The van der Waals surface area contributed by atoms with Crippen molar-refractivity contribution in [2.45, 2.75) is 90.2 Å². The summed E-state index contributed by atoms with van der Waals surface area (Å²) in [5.41, 5.74) is 1.58. The summed E-state index contributed by atoms with van der Waals surface area (Å²) < 4.78 is 17.8. The van der Waals surface area contributed by atoms with Crippen LogP contribution in [0, 0.1) is 0 Å². The molecule has 0 spiro atoms. The molecule has 0 N–H and O–H groups in total. The van der Waals surface area contributed by atoms with Crippen LogP contribution in [0.4, 0.5) is 0 Å². The molecule has 0 aliphatic carbocycles. The first-order valence-electron chi connectivity index (χ1n) is 11.9. The van der Waals surface area contributed by atoms with Crippen molar-refractivity contribution in [3.8, 4) is 0 Å². The predicted octanol–water partition coefficient (Wildman–Crippen LogP) is 5.07. The van der Waals surface area contributed by atoms with E-state index in [0.717, 1.165) is 17.4 Å². The van der Waals surface area contributed by atoms with Gasteiger partial charge in [-0.05, 0) is 52.7 Å². The molecule has 4 atom stereocenters. The number of carbonyl (C=O) groups excluding carboxylic acids is 2. The van der Waals surface area contributed by atoms with Gasteiger partial charge < -0.3 is 19.0 Å². The molecule has 0 amide bonds. The Labute approximate surface area is 203 Å². The van der Waals surface area contributed by atoms with Crippen molar-refractivity contribution in [2.75, 3.05) is 0 Å². The van der Waals surface area contributed by atoms with E-state index in [9.17, 15) is 9.59 Å². The standard InChI is InChI=1S/C28H37NO5/c1-20(22-15-11-8-12-16-22)29(18-21-13-9-7-10-14-21)23(17-25(31)33-27(2,3)4)26-24(19-30)32-28(5,6)34-26/h7-16,19-20,23-24,26H,17-18H2,1-6H3. The second-order valence-electron chi connectivity index (χ2n) is 10.3. The second-order valence-corrected chi connectivity index (χ2v) is 10.3. The van der Waals surface area contributed by atoms with Crippen LogP contribution in [0.25, 0.3) is 0 Å². The Bertz CT molecular complexity index is 938. The molecule has 1 aliphatic rings. The SMILES string of the molecule is CC(c1ccccc1)N(Cc1ccccc1)C(CC(=O)OC(C)(C)C)C1OC(C)(C)OC1C=O. The maximum atomic E-state index is 13.1. The number of benzene rings is 2. The Kier molecular flexibility index (Phi) is 8.29. The predicted molar refractivity (Wildman–Crippen MR) is 131 cm³/mol. The van der Waals surface area contributed by atoms with Gasteiger partial charge in [-0.15, -0.1) is 0 Å².